The van der Waals surface area contributed by atoms with Gasteiger partial charge in [0.25, 0.3) is 0 Å². The molecule has 4 nitrogen and oxygen atoms in total. The standard InChI is InChI=1S/C16H24N2O2/c1-16(2)8-10(7-11(19)9-16)17-18-15(20)14-12-5-3-4-6-13(12)14/h12-14H,3-9H2,1-2H3,(H,18,20)/b17-10+/t12-,13+,14?. The normalized spacial score (nSPS) is 37.4. The molecular formula is C16H24N2O2. The SMILES string of the molecule is CC1(C)CC(=O)C/C(=N\NC(=O)C2[C@H]3CCCC[C@@H]23)C1. The monoisotopic (exact) mass is 276 g/mol. The number of rotatable bonds is 2. The van der Waals surface area contributed by atoms with Crippen molar-refractivity contribution in [1.29, 1.82) is 0 Å². The van der Waals surface area contributed by atoms with E-state index < -0.39 is 0 Å². The van der Waals surface area contributed by atoms with Gasteiger partial charge in [-0.25, -0.2) is 5.43 Å². The maximum Gasteiger partial charge on any atom is 0.243 e. The Morgan fingerprint density at radius 2 is 1.85 bits per heavy atom. The molecule has 1 amide bonds. The number of carbonyl (C=O) groups excluding carboxylic acids is 2. The smallest absolute Gasteiger partial charge is 0.243 e. The van der Waals surface area contributed by atoms with Crippen LogP contribution >= 0.6 is 0 Å². The van der Waals surface area contributed by atoms with Crippen LogP contribution in [0.1, 0.15) is 58.8 Å². The van der Waals surface area contributed by atoms with E-state index in [1.165, 1.54) is 25.7 Å². The van der Waals surface area contributed by atoms with Crippen molar-refractivity contribution in [2.75, 3.05) is 0 Å². The Bertz CT molecular complexity index is 455. The van der Waals surface area contributed by atoms with Crippen molar-refractivity contribution in [2.45, 2.75) is 58.8 Å². The number of hydrazone groups is 1. The van der Waals surface area contributed by atoms with E-state index in [-0.39, 0.29) is 23.0 Å². The van der Waals surface area contributed by atoms with Gasteiger partial charge in [0, 0.05) is 24.5 Å². The fourth-order valence-electron chi connectivity index (χ4n) is 4.17. The first kappa shape index (κ1) is 13.8. The summed E-state index contributed by atoms with van der Waals surface area (Å²) in [6.45, 7) is 4.16. The molecule has 0 bridgehead atoms. The molecule has 4 heteroatoms. The van der Waals surface area contributed by atoms with Crippen molar-refractivity contribution in [1.82, 2.24) is 5.43 Å². The lowest BCUT2D eigenvalue weighted by Gasteiger charge is -2.29. The van der Waals surface area contributed by atoms with Crippen molar-refractivity contribution in [3.63, 3.8) is 0 Å². The van der Waals surface area contributed by atoms with E-state index in [2.05, 4.69) is 24.4 Å². The van der Waals surface area contributed by atoms with Crippen LogP contribution in [0.15, 0.2) is 5.10 Å². The molecule has 3 aliphatic rings. The highest BCUT2D eigenvalue weighted by Gasteiger charge is 2.54. The third-order valence-electron chi connectivity index (χ3n) is 5.04. The maximum absolute atomic E-state index is 12.2. The quantitative estimate of drug-likeness (QED) is 0.788. The summed E-state index contributed by atoms with van der Waals surface area (Å²) < 4.78 is 0. The second-order valence-corrected chi connectivity index (χ2v) is 7.53. The molecule has 0 aromatic rings. The molecule has 0 aromatic carbocycles. The molecule has 0 aromatic heterocycles. The molecule has 1 unspecified atom stereocenters. The van der Waals surface area contributed by atoms with Gasteiger partial charge in [0.15, 0.2) is 0 Å². The van der Waals surface area contributed by atoms with Crippen molar-refractivity contribution >= 4 is 17.4 Å². The van der Waals surface area contributed by atoms with Crippen LogP contribution in [0.4, 0.5) is 0 Å². The van der Waals surface area contributed by atoms with Gasteiger partial charge in [-0.1, -0.05) is 26.7 Å². The predicted octanol–water partition coefficient (Wildman–Crippen LogP) is 2.67. The summed E-state index contributed by atoms with van der Waals surface area (Å²) >= 11 is 0. The highest BCUT2D eigenvalue weighted by Crippen LogP contribution is 2.55. The van der Waals surface area contributed by atoms with E-state index in [1.54, 1.807) is 0 Å². The maximum atomic E-state index is 12.2. The van der Waals surface area contributed by atoms with E-state index in [1.807, 2.05) is 0 Å². The lowest BCUT2D eigenvalue weighted by Crippen LogP contribution is -2.31. The van der Waals surface area contributed by atoms with Crippen molar-refractivity contribution < 1.29 is 9.59 Å². The van der Waals surface area contributed by atoms with Crippen LogP contribution in [0.2, 0.25) is 0 Å². The molecule has 0 spiro atoms. The van der Waals surface area contributed by atoms with Gasteiger partial charge in [0.2, 0.25) is 5.91 Å². The Morgan fingerprint density at radius 3 is 2.45 bits per heavy atom. The highest BCUT2D eigenvalue weighted by molar-refractivity contribution is 6.05. The van der Waals surface area contributed by atoms with Crippen LogP contribution in [-0.2, 0) is 9.59 Å². The lowest BCUT2D eigenvalue weighted by atomic mass is 9.76. The van der Waals surface area contributed by atoms with Gasteiger partial charge in [-0.3, -0.25) is 9.59 Å². The number of Topliss-reactive ketones (excluding diaryl/α,β-unsaturated/α-hetero) is 1. The zero-order valence-electron chi connectivity index (χ0n) is 12.4. The van der Waals surface area contributed by atoms with Gasteiger partial charge < -0.3 is 0 Å². The third-order valence-corrected chi connectivity index (χ3v) is 5.04. The van der Waals surface area contributed by atoms with Gasteiger partial charge in [0.1, 0.15) is 5.78 Å². The molecule has 3 atom stereocenters. The molecule has 0 aliphatic heterocycles. The van der Waals surface area contributed by atoms with E-state index in [9.17, 15) is 9.59 Å². The summed E-state index contributed by atoms with van der Waals surface area (Å²) in [5.41, 5.74) is 3.54. The number of fused-ring (bicyclic) bond motifs is 1. The van der Waals surface area contributed by atoms with Gasteiger partial charge >= 0.3 is 0 Å². The van der Waals surface area contributed by atoms with Crippen LogP contribution in [0.3, 0.4) is 0 Å². The Kier molecular flexibility index (Phi) is 3.43. The zero-order chi connectivity index (χ0) is 14.3. The minimum Gasteiger partial charge on any atom is -0.299 e. The van der Waals surface area contributed by atoms with Crippen LogP contribution < -0.4 is 5.43 Å². The number of amides is 1. The largest absolute Gasteiger partial charge is 0.299 e. The molecule has 3 aliphatic carbocycles. The first-order chi connectivity index (χ1) is 9.46. The molecule has 0 radical (unpaired) electrons. The summed E-state index contributed by atoms with van der Waals surface area (Å²) in [6, 6.07) is 0. The summed E-state index contributed by atoms with van der Waals surface area (Å²) in [4.78, 5) is 23.8. The van der Waals surface area contributed by atoms with E-state index in [0.717, 1.165) is 12.1 Å². The van der Waals surface area contributed by atoms with E-state index in [0.29, 0.717) is 24.7 Å². The van der Waals surface area contributed by atoms with Gasteiger partial charge in [0.05, 0.1) is 0 Å². The zero-order valence-corrected chi connectivity index (χ0v) is 12.4. The van der Waals surface area contributed by atoms with Crippen LogP contribution in [0, 0.1) is 23.2 Å². The van der Waals surface area contributed by atoms with Gasteiger partial charge in [-0.15, -0.1) is 0 Å². The van der Waals surface area contributed by atoms with Crippen molar-refractivity contribution in [2.24, 2.45) is 28.3 Å². The van der Waals surface area contributed by atoms with Crippen molar-refractivity contribution in [3.05, 3.63) is 0 Å². The number of carbonyl (C=O) groups is 2. The molecule has 0 heterocycles. The fourth-order valence-corrected chi connectivity index (χ4v) is 4.17. The second-order valence-electron chi connectivity index (χ2n) is 7.53. The van der Waals surface area contributed by atoms with Gasteiger partial charge in [-0.05, 0) is 36.5 Å². The fraction of sp³-hybridized carbons (Fsp3) is 0.812. The topological polar surface area (TPSA) is 58.5 Å². The molecule has 110 valence electrons. The molecular weight excluding hydrogens is 252 g/mol. The van der Waals surface area contributed by atoms with E-state index in [4.69, 9.17) is 0 Å². The number of nitrogens with one attached hydrogen (secondary N) is 1. The van der Waals surface area contributed by atoms with Crippen LogP contribution in [0.5, 0.6) is 0 Å². The van der Waals surface area contributed by atoms with Crippen LogP contribution in [0.25, 0.3) is 0 Å². The number of hydrogen-bond donors (Lipinski definition) is 1. The van der Waals surface area contributed by atoms with Crippen LogP contribution in [-0.4, -0.2) is 17.4 Å². The minimum atomic E-state index is -0.0214. The molecule has 20 heavy (non-hydrogen) atoms. The Hall–Kier alpha value is -1.19. The highest BCUT2D eigenvalue weighted by atomic mass is 16.2. The number of nitrogens with zero attached hydrogens (tertiary/aromatic N) is 1. The molecule has 3 saturated carbocycles. The number of hydrogen-bond acceptors (Lipinski definition) is 3. The molecule has 0 saturated heterocycles. The third kappa shape index (κ3) is 2.79. The molecule has 1 N–H and O–H groups in total. The summed E-state index contributed by atoms with van der Waals surface area (Å²) in [7, 11) is 0. The first-order valence-corrected chi connectivity index (χ1v) is 7.83. The number of ketones is 1. The molecule has 3 fully saturated rings. The average Bonchev–Trinajstić information content (AvgIpc) is 3.08. The lowest BCUT2D eigenvalue weighted by molar-refractivity contribution is -0.123. The average molecular weight is 276 g/mol. The van der Waals surface area contributed by atoms with Gasteiger partial charge in [-0.2, -0.15) is 5.10 Å². The summed E-state index contributed by atoms with van der Waals surface area (Å²) in [5.74, 6) is 1.70. The Labute approximate surface area is 120 Å². The second kappa shape index (κ2) is 4.97. The molecule has 3 rings (SSSR count). The Balaban J connectivity index is 1.57. The summed E-state index contributed by atoms with van der Waals surface area (Å²) in [5, 5.41) is 4.24. The van der Waals surface area contributed by atoms with E-state index >= 15 is 0 Å². The summed E-state index contributed by atoms with van der Waals surface area (Å²) in [6.07, 6.45) is 6.75. The van der Waals surface area contributed by atoms with Crippen molar-refractivity contribution in [3.8, 4) is 0 Å². The minimum absolute atomic E-state index is 0.0214. The predicted molar refractivity (Wildman–Crippen MR) is 77.2 cm³/mol. The first-order valence-electron chi connectivity index (χ1n) is 7.83. The Morgan fingerprint density at radius 1 is 1.20 bits per heavy atom.